The summed E-state index contributed by atoms with van der Waals surface area (Å²) in [4.78, 5) is 12.8. The minimum Gasteiger partial charge on any atom is -0.468 e. The largest absolute Gasteiger partial charge is 0.468 e. The molecule has 6 heteroatoms. The van der Waals surface area contributed by atoms with Crippen LogP contribution in [0.3, 0.4) is 0 Å². The molecule has 1 aliphatic carbocycles. The van der Waals surface area contributed by atoms with Crippen LogP contribution in [0.15, 0.2) is 41.0 Å². The van der Waals surface area contributed by atoms with Crippen LogP contribution < -0.4 is 5.73 Å². The molecule has 1 fully saturated rings. The van der Waals surface area contributed by atoms with Gasteiger partial charge in [-0.05, 0) is 36.6 Å². The zero-order valence-electron chi connectivity index (χ0n) is 11.6. The number of nitrogens with two attached hydrogens (primary N) is 1. The van der Waals surface area contributed by atoms with Gasteiger partial charge in [0.2, 0.25) is 0 Å². The predicted molar refractivity (Wildman–Crippen MR) is 78.5 cm³/mol. The first-order valence-electron chi connectivity index (χ1n) is 6.92. The van der Waals surface area contributed by atoms with Gasteiger partial charge in [0.25, 0.3) is 5.69 Å². The third-order valence-electron chi connectivity index (χ3n) is 3.71. The molecule has 2 N–H and O–H groups in total. The molecule has 0 radical (unpaired) electrons. The molecule has 1 saturated carbocycles. The van der Waals surface area contributed by atoms with Crippen molar-refractivity contribution in [2.24, 2.45) is 0 Å². The summed E-state index contributed by atoms with van der Waals surface area (Å²) in [5.41, 5.74) is 7.42. The van der Waals surface area contributed by atoms with E-state index in [0.29, 0.717) is 24.8 Å². The van der Waals surface area contributed by atoms with Crippen LogP contribution in [0.25, 0.3) is 0 Å². The van der Waals surface area contributed by atoms with E-state index in [4.69, 9.17) is 10.2 Å². The highest BCUT2D eigenvalue weighted by atomic mass is 16.6. The Morgan fingerprint density at radius 3 is 2.76 bits per heavy atom. The van der Waals surface area contributed by atoms with Gasteiger partial charge in [0.1, 0.15) is 5.76 Å². The number of nitro benzene ring substituents is 1. The lowest BCUT2D eigenvalue weighted by atomic mass is 10.1. The van der Waals surface area contributed by atoms with Gasteiger partial charge in [0, 0.05) is 30.4 Å². The predicted octanol–water partition coefficient (Wildman–Crippen LogP) is 2.93. The van der Waals surface area contributed by atoms with Gasteiger partial charge < -0.3 is 10.2 Å². The topological polar surface area (TPSA) is 85.5 Å². The number of anilines is 1. The molecule has 1 heterocycles. The van der Waals surface area contributed by atoms with Crippen molar-refractivity contribution in [1.82, 2.24) is 4.90 Å². The summed E-state index contributed by atoms with van der Waals surface area (Å²) in [6, 6.07) is 8.91. The second kappa shape index (κ2) is 5.57. The summed E-state index contributed by atoms with van der Waals surface area (Å²) in [5.74, 6) is 0.894. The number of hydrogen-bond acceptors (Lipinski definition) is 5. The van der Waals surface area contributed by atoms with Gasteiger partial charge in [-0.2, -0.15) is 0 Å². The molecule has 0 spiro atoms. The molecule has 0 unspecified atom stereocenters. The normalized spacial score (nSPS) is 14.5. The van der Waals surface area contributed by atoms with Crippen molar-refractivity contribution in [1.29, 1.82) is 0 Å². The molecule has 0 atom stereocenters. The highest BCUT2D eigenvalue weighted by Gasteiger charge is 2.30. The molecule has 6 nitrogen and oxygen atoms in total. The van der Waals surface area contributed by atoms with E-state index >= 15 is 0 Å². The van der Waals surface area contributed by atoms with Crippen molar-refractivity contribution in [2.45, 2.75) is 32.0 Å². The van der Waals surface area contributed by atoms with Crippen molar-refractivity contribution in [2.75, 3.05) is 5.73 Å². The van der Waals surface area contributed by atoms with Crippen molar-refractivity contribution < 1.29 is 9.34 Å². The number of nitro groups is 1. The first-order chi connectivity index (χ1) is 10.1. The number of nitrogen functional groups attached to an aromatic ring is 1. The van der Waals surface area contributed by atoms with E-state index in [9.17, 15) is 10.1 Å². The minimum atomic E-state index is -0.392. The molecule has 3 rings (SSSR count). The van der Waals surface area contributed by atoms with Gasteiger partial charge in [-0.3, -0.25) is 15.0 Å². The zero-order chi connectivity index (χ0) is 14.8. The third kappa shape index (κ3) is 3.22. The molecule has 0 aliphatic heterocycles. The van der Waals surface area contributed by atoms with Crippen molar-refractivity contribution >= 4 is 11.4 Å². The average Bonchev–Trinajstić information content (AvgIpc) is 3.18. The summed E-state index contributed by atoms with van der Waals surface area (Å²) < 4.78 is 5.39. The SMILES string of the molecule is Nc1ccc([N+](=O)[O-])cc1CN(Cc1ccco1)C1CC1. The van der Waals surface area contributed by atoms with E-state index in [-0.39, 0.29) is 5.69 Å². The standard InChI is InChI=1S/C15H17N3O3/c16-15-6-5-13(18(19)20)8-11(15)9-17(12-3-4-12)10-14-2-1-7-21-14/h1-2,5-8,12H,3-4,9-10,16H2. The van der Waals surface area contributed by atoms with Crippen LogP contribution in [0, 0.1) is 10.1 Å². The molecule has 0 amide bonds. The van der Waals surface area contributed by atoms with Gasteiger partial charge >= 0.3 is 0 Å². The maximum atomic E-state index is 10.9. The summed E-state index contributed by atoms with van der Waals surface area (Å²) in [6.45, 7) is 1.29. The number of rotatable bonds is 6. The van der Waals surface area contributed by atoms with E-state index < -0.39 is 4.92 Å². The van der Waals surface area contributed by atoms with Crippen LogP contribution in [0.4, 0.5) is 11.4 Å². The molecular formula is C15H17N3O3. The average molecular weight is 287 g/mol. The molecule has 110 valence electrons. The lowest BCUT2D eigenvalue weighted by molar-refractivity contribution is -0.384. The second-order valence-corrected chi connectivity index (χ2v) is 5.36. The summed E-state index contributed by atoms with van der Waals surface area (Å²) in [5, 5.41) is 10.9. The van der Waals surface area contributed by atoms with Crippen LogP contribution in [-0.2, 0) is 13.1 Å². The van der Waals surface area contributed by atoms with Crippen LogP contribution in [0.5, 0.6) is 0 Å². The van der Waals surface area contributed by atoms with Gasteiger partial charge in [-0.15, -0.1) is 0 Å². The van der Waals surface area contributed by atoms with Gasteiger partial charge in [-0.1, -0.05) is 0 Å². The summed E-state index contributed by atoms with van der Waals surface area (Å²) >= 11 is 0. The molecule has 1 aliphatic rings. The van der Waals surface area contributed by atoms with Crippen molar-refractivity contribution in [3.05, 3.63) is 58.0 Å². The number of furan rings is 1. The molecular weight excluding hydrogens is 270 g/mol. The molecule has 0 saturated heterocycles. The highest BCUT2D eigenvalue weighted by molar-refractivity contribution is 5.52. The molecule has 1 aromatic heterocycles. The Labute approximate surface area is 122 Å². The highest BCUT2D eigenvalue weighted by Crippen LogP contribution is 2.31. The number of nitrogens with zero attached hydrogens (tertiary/aromatic N) is 2. The van der Waals surface area contributed by atoms with Crippen molar-refractivity contribution in [3.63, 3.8) is 0 Å². The number of non-ortho nitro benzene ring substituents is 1. The molecule has 21 heavy (non-hydrogen) atoms. The Bertz CT molecular complexity index is 636. The Morgan fingerprint density at radius 1 is 1.33 bits per heavy atom. The summed E-state index contributed by atoms with van der Waals surface area (Å²) in [7, 11) is 0. The minimum absolute atomic E-state index is 0.0768. The van der Waals surface area contributed by atoms with Crippen LogP contribution >= 0.6 is 0 Å². The Morgan fingerprint density at radius 2 is 2.14 bits per heavy atom. The fraction of sp³-hybridized carbons (Fsp3) is 0.333. The van der Waals surface area contributed by atoms with E-state index in [1.165, 1.54) is 6.07 Å². The Hall–Kier alpha value is -2.34. The van der Waals surface area contributed by atoms with E-state index in [1.807, 2.05) is 12.1 Å². The molecule has 2 aromatic rings. The van der Waals surface area contributed by atoms with Crippen molar-refractivity contribution in [3.8, 4) is 0 Å². The lowest BCUT2D eigenvalue weighted by Crippen LogP contribution is -2.25. The van der Waals surface area contributed by atoms with E-state index in [2.05, 4.69) is 4.90 Å². The van der Waals surface area contributed by atoms with E-state index in [0.717, 1.165) is 24.2 Å². The van der Waals surface area contributed by atoms with Gasteiger partial charge in [0.05, 0.1) is 17.7 Å². The quantitative estimate of drug-likeness (QED) is 0.501. The summed E-state index contributed by atoms with van der Waals surface area (Å²) in [6.07, 6.45) is 3.95. The smallest absolute Gasteiger partial charge is 0.269 e. The number of hydrogen-bond donors (Lipinski definition) is 1. The Balaban J connectivity index is 1.79. The van der Waals surface area contributed by atoms with Gasteiger partial charge in [0.15, 0.2) is 0 Å². The lowest BCUT2D eigenvalue weighted by Gasteiger charge is -2.21. The van der Waals surface area contributed by atoms with E-state index in [1.54, 1.807) is 18.4 Å². The Kier molecular flexibility index (Phi) is 3.62. The van der Waals surface area contributed by atoms with Gasteiger partial charge in [-0.25, -0.2) is 0 Å². The maximum absolute atomic E-state index is 10.9. The van der Waals surface area contributed by atoms with Crippen LogP contribution in [-0.4, -0.2) is 15.9 Å². The first-order valence-corrected chi connectivity index (χ1v) is 6.92. The third-order valence-corrected chi connectivity index (χ3v) is 3.71. The first kappa shape index (κ1) is 13.6. The maximum Gasteiger partial charge on any atom is 0.269 e. The molecule has 1 aromatic carbocycles. The molecule has 0 bridgehead atoms. The second-order valence-electron chi connectivity index (χ2n) is 5.36. The monoisotopic (exact) mass is 287 g/mol. The fourth-order valence-electron chi connectivity index (χ4n) is 2.42. The van der Waals surface area contributed by atoms with Crippen LogP contribution in [0.1, 0.15) is 24.2 Å². The zero-order valence-corrected chi connectivity index (χ0v) is 11.6. The number of benzene rings is 1. The van der Waals surface area contributed by atoms with Crippen LogP contribution in [0.2, 0.25) is 0 Å². The fourth-order valence-corrected chi connectivity index (χ4v) is 2.42.